The third-order valence-corrected chi connectivity index (χ3v) is 6.04. The van der Waals surface area contributed by atoms with Gasteiger partial charge in [-0.2, -0.15) is 0 Å². The predicted molar refractivity (Wildman–Crippen MR) is 135 cm³/mol. The van der Waals surface area contributed by atoms with Gasteiger partial charge in [-0.3, -0.25) is 19.5 Å². The number of rotatable bonds is 4. The Kier molecular flexibility index (Phi) is 6.22. The molecule has 0 bridgehead atoms. The highest BCUT2D eigenvalue weighted by Gasteiger charge is 2.16. The van der Waals surface area contributed by atoms with Crippen LogP contribution in [-0.4, -0.2) is 14.5 Å². The molecule has 1 heterocycles. The van der Waals surface area contributed by atoms with Gasteiger partial charge in [-0.05, 0) is 70.6 Å². The van der Waals surface area contributed by atoms with Crippen molar-refractivity contribution >= 4 is 78.9 Å². The lowest BCUT2D eigenvalue weighted by Crippen LogP contribution is -2.22. The van der Waals surface area contributed by atoms with E-state index in [4.69, 9.17) is 11.6 Å². The molecular formula is C22H12BrClIN3O3. The summed E-state index contributed by atoms with van der Waals surface area (Å²) in [5.41, 5.74) is 1.32. The van der Waals surface area contributed by atoms with Gasteiger partial charge in [0.1, 0.15) is 5.82 Å². The lowest BCUT2D eigenvalue weighted by molar-refractivity contribution is -0.384. The van der Waals surface area contributed by atoms with E-state index < -0.39 is 4.92 Å². The Balaban J connectivity index is 1.96. The third kappa shape index (κ3) is 4.56. The summed E-state index contributed by atoms with van der Waals surface area (Å²) in [6.45, 7) is 0. The van der Waals surface area contributed by atoms with Crippen molar-refractivity contribution in [3.8, 4) is 5.69 Å². The molecule has 0 amide bonds. The number of nitro benzene ring substituents is 1. The molecule has 0 aliphatic heterocycles. The highest BCUT2D eigenvalue weighted by Crippen LogP contribution is 2.27. The molecule has 0 aliphatic rings. The predicted octanol–water partition coefficient (Wildman–Crippen LogP) is 6.48. The Hall–Kier alpha value is -2.56. The molecular weight excluding hydrogens is 597 g/mol. The largest absolute Gasteiger partial charge is 0.271 e. The van der Waals surface area contributed by atoms with Crippen molar-refractivity contribution in [1.82, 2.24) is 9.55 Å². The molecule has 0 unspecified atom stereocenters. The first-order chi connectivity index (χ1) is 14.8. The van der Waals surface area contributed by atoms with Crippen LogP contribution in [0.25, 0.3) is 28.7 Å². The molecule has 4 aromatic rings. The maximum absolute atomic E-state index is 13.4. The minimum absolute atomic E-state index is 0.0846. The van der Waals surface area contributed by atoms with Crippen molar-refractivity contribution in [3.05, 3.63) is 106 Å². The Labute approximate surface area is 203 Å². The van der Waals surface area contributed by atoms with Gasteiger partial charge in [0.25, 0.3) is 11.2 Å². The number of hydrogen-bond donors (Lipinski definition) is 0. The summed E-state index contributed by atoms with van der Waals surface area (Å²) in [6.07, 6.45) is 3.56. The second-order valence-corrected chi connectivity index (χ2v) is 9.12. The molecule has 0 saturated carbocycles. The van der Waals surface area contributed by atoms with Crippen LogP contribution in [0.4, 0.5) is 5.69 Å². The molecule has 154 valence electrons. The fraction of sp³-hybridized carbons (Fsp3) is 0. The average molecular weight is 609 g/mol. The van der Waals surface area contributed by atoms with Crippen LogP contribution in [0.15, 0.2) is 69.9 Å². The number of non-ortho nitro benzene ring substituents is 1. The molecule has 0 N–H and O–H groups in total. The van der Waals surface area contributed by atoms with E-state index >= 15 is 0 Å². The van der Waals surface area contributed by atoms with Crippen molar-refractivity contribution in [1.29, 1.82) is 0 Å². The Bertz CT molecular complexity index is 1420. The van der Waals surface area contributed by atoms with Gasteiger partial charge in [0.15, 0.2) is 0 Å². The third-order valence-electron chi connectivity index (χ3n) is 4.53. The molecule has 0 atom stereocenters. The first kappa shape index (κ1) is 21.7. The summed E-state index contributed by atoms with van der Waals surface area (Å²) in [7, 11) is 0. The van der Waals surface area contributed by atoms with Crippen LogP contribution < -0.4 is 5.56 Å². The SMILES string of the molecule is O=c1c2cc(I)ccc2nc(/C=C/c2ccc(Br)cc2)n1-c1ccc([N+](=O)[O-])cc1Cl. The van der Waals surface area contributed by atoms with Crippen molar-refractivity contribution in [2.45, 2.75) is 0 Å². The normalized spacial score (nSPS) is 11.3. The molecule has 0 radical (unpaired) electrons. The van der Waals surface area contributed by atoms with Crippen molar-refractivity contribution in [3.63, 3.8) is 0 Å². The number of benzene rings is 3. The molecule has 4 rings (SSSR count). The first-order valence-electron chi connectivity index (χ1n) is 8.94. The van der Waals surface area contributed by atoms with E-state index in [1.807, 2.05) is 36.4 Å². The average Bonchev–Trinajstić information content (AvgIpc) is 2.74. The second-order valence-electron chi connectivity index (χ2n) is 6.55. The molecule has 31 heavy (non-hydrogen) atoms. The minimum atomic E-state index is -0.534. The summed E-state index contributed by atoms with van der Waals surface area (Å²) in [5, 5.41) is 11.6. The van der Waals surface area contributed by atoms with Crippen LogP contribution >= 0.6 is 50.1 Å². The topological polar surface area (TPSA) is 78.0 Å². The van der Waals surface area contributed by atoms with Crippen molar-refractivity contribution < 1.29 is 4.92 Å². The van der Waals surface area contributed by atoms with Gasteiger partial charge in [0, 0.05) is 20.2 Å². The summed E-state index contributed by atoms with van der Waals surface area (Å²) < 4.78 is 3.22. The summed E-state index contributed by atoms with van der Waals surface area (Å²) >= 11 is 11.9. The fourth-order valence-corrected chi connectivity index (χ4v) is 4.07. The Morgan fingerprint density at radius 2 is 1.81 bits per heavy atom. The van der Waals surface area contributed by atoms with E-state index in [2.05, 4.69) is 43.5 Å². The van der Waals surface area contributed by atoms with Gasteiger partial charge in [0.2, 0.25) is 0 Å². The molecule has 1 aromatic heterocycles. The lowest BCUT2D eigenvalue weighted by atomic mass is 10.2. The van der Waals surface area contributed by atoms with Gasteiger partial charge >= 0.3 is 0 Å². The number of fused-ring (bicyclic) bond motifs is 1. The van der Waals surface area contributed by atoms with Gasteiger partial charge in [-0.25, -0.2) is 4.98 Å². The van der Waals surface area contributed by atoms with Crippen molar-refractivity contribution in [2.24, 2.45) is 0 Å². The summed E-state index contributed by atoms with van der Waals surface area (Å²) in [4.78, 5) is 28.6. The molecule has 0 spiro atoms. The van der Waals surface area contributed by atoms with Gasteiger partial charge < -0.3 is 0 Å². The molecule has 0 aliphatic carbocycles. The van der Waals surface area contributed by atoms with E-state index in [0.717, 1.165) is 13.6 Å². The number of nitro groups is 1. The highest BCUT2D eigenvalue weighted by atomic mass is 127. The lowest BCUT2D eigenvalue weighted by Gasteiger charge is -2.13. The van der Waals surface area contributed by atoms with E-state index in [-0.39, 0.29) is 16.3 Å². The van der Waals surface area contributed by atoms with E-state index in [1.165, 1.54) is 22.8 Å². The van der Waals surface area contributed by atoms with Crippen LogP contribution in [0, 0.1) is 13.7 Å². The molecule has 0 saturated heterocycles. The smallest absolute Gasteiger partial charge is 0.268 e. The first-order valence-corrected chi connectivity index (χ1v) is 11.2. The van der Waals surface area contributed by atoms with Crippen molar-refractivity contribution in [2.75, 3.05) is 0 Å². The molecule has 3 aromatic carbocycles. The standard InChI is InChI=1S/C22H12BrClIN3O3/c23-14-4-1-13(2-5-14)3-10-21-26-19-8-6-15(25)11-17(19)22(29)27(21)20-9-7-16(28(30)31)12-18(20)24/h1-12H/b10-3+. The zero-order valence-corrected chi connectivity index (χ0v) is 20.1. The van der Waals surface area contributed by atoms with E-state index in [9.17, 15) is 14.9 Å². The monoisotopic (exact) mass is 607 g/mol. The van der Waals surface area contributed by atoms with Crippen LogP contribution in [0.1, 0.15) is 11.4 Å². The quantitative estimate of drug-likeness (QED) is 0.151. The second kappa shape index (κ2) is 8.89. The maximum atomic E-state index is 13.4. The number of hydrogen-bond acceptors (Lipinski definition) is 4. The van der Waals surface area contributed by atoms with E-state index in [0.29, 0.717) is 22.4 Å². The summed E-state index contributed by atoms with van der Waals surface area (Å²) in [5.74, 6) is 0.359. The highest BCUT2D eigenvalue weighted by molar-refractivity contribution is 14.1. The number of nitrogens with zero attached hydrogens (tertiary/aromatic N) is 3. The number of halogens is 3. The zero-order valence-electron chi connectivity index (χ0n) is 15.6. The maximum Gasteiger partial charge on any atom is 0.271 e. The molecule has 0 fully saturated rings. The van der Waals surface area contributed by atoms with Gasteiger partial charge in [-0.15, -0.1) is 0 Å². The van der Waals surface area contributed by atoms with E-state index in [1.54, 1.807) is 18.2 Å². The molecule has 9 heteroatoms. The van der Waals surface area contributed by atoms with Gasteiger partial charge in [0.05, 0.1) is 26.5 Å². The Morgan fingerprint density at radius 1 is 1.06 bits per heavy atom. The van der Waals surface area contributed by atoms with Gasteiger partial charge in [-0.1, -0.05) is 45.7 Å². The molecule has 6 nitrogen and oxygen atoms in total. The number of aromatic nitrogens is 2. The van der Waals surface area contributed by atoms with Crippen LogP contribution in [0.2, 0.25) is 5.02 Å². The zero-order chi connectivity index (χ0) is 22.1. The minimum Gasteiger partial charge on any atom is -0.268 e. The van der Waals surface area contributed by atoms with Crippen LogP contribution in [0.3, 0.4) is 0 Å². The van der Waals surface area contributed by atoms with Crippen LogP contribution in [-0.2, 0) is 0 Å². The fourth-order valence-electron chi connectivity index (χ4n) is 3.05. The summed E-state index contributed by atoms with van der Waals surface area (Å²) in [6, 6.07) is 17.1. The van der Waals surface area contributed by atoms with Crippen LogP contribution in [0.5, 0.6) is 0 Å². The Morgan fingerprint density at radius 3 is 2.48 bits per heavy atom.